The molecule has 2 aliphatic heterocycles. The van der Waals surface area contributed by atoms with Gasteiger partial charge in [0.2, 0.25) is 5.91 Å². The third kappa shape index (κ3) is 5.03. The molecule has 7 heteroatoms. The number of benzene rings is 1. The first-order valence-electron chi connectivity index (χ1n) is 12.1. The third-order valence-electron chi connectivity index (χ3n) is 6.51. The minimum atomic E-state index is -0.182. The van der Waals surface area contributed by atoms with Gasteiger partial charge in [-0.25, -0.2) is 4.98 Å². The van der Waals surface area contributed by atoms with Gasteiger partial charge in [0.15, 0.2) is 11.5 Å². The number of nitrogens with one attached hydrogen (secondary N) is 2. The number of carbonyl (C=O) groups is 1. The van der Waals surface area contributed by atoms with Gasteiger partial charge in [-0.15, -0.1) is 0 Å². The molecule has 2 aliphatic rings. The first kappa shape index (κ1) is 22.9. The molecular weight excluding hydrogens is 404 g/mol. The van der Waals surface area contributed by atoms with Crippen LogP contribution in [0.2, 0.25) is 0 Å². The van der Waals surface area contributed by atoms with Crippen LogP contribution < -0.4 is 14.8 Å². The fourth-order valence-corrected chi connectivity index (χ4v) is 5.44. The van der Waals surface area contributed by atoms with Crippen molar-refractivity contribution in [1.29, 1.82) is 0 Å². The lowest BCUT2D eigenvalue weighted by Crippen LogP contribution is -2.51. The number of piperidine rings is 1. The Balaban J connectivity index is 1.43. The lowest BCUT2D eigenvalue weighted by atomic mass is 9.88. The van der Waals surface area contributed by atoms with Crippen molar-refractivity contribution < 1.29 is 14.3 Å². The lowest BCUT2D eigenvalue weighted by Gasteiger charge is -2.38. The summed E-state index contributed by atoms with van der Waals surface area (Å²) in [7, 11) is 0. The maximum atomic E-state index is 12.5. The van der Waals surface area contributed by atoms with Crippen LogP contribution >= 0.6 is 0 Å². The molecule has 32 heavy (non-hydrogen) atoms. The summed E-state index contributed by atoms with van der Waals surface area (Å²) in [5.74, 6) is 3.21. The van der Waals surface area contributed by atoms with Crippen molar-refractivity contribution in [3.8, 4) is 11.5 Å². The van der Waals surface area contributed by atoms with Crippen molar-refractivity contribution in [2.75, 3.05) is 19.8 Å². The summed E-state index contributed by atoms with van der Waals surface area (Å²) in [6.07, 6.45) is 5.56. The molecule has 0 spiro atoms. The average Bonchev–Trinajstić information content (AvgIpc) is 3.19. The van der Waals surface area contributed by atoms with E-state index >= 15 is 0 Å². The quantitative estimate of drug-likeness (QED) is 0.644. The second kappa shape index (κ2) is 9.30. The zero-order chi connectivity index (χ0) is 22.9. The smallest absolute Gasteiger partial charge is 0.234 e. The second-order valence-electron chi connectivity index (χ2n) is 10.2. The Labute approximate surface area is 191 Å². The highest BCUT2D eigenvalue weighted by molar-refractivity contribution is 5.85. The van der Waals surface area contributed by atoms with Crippen LogP contribution in [0, 0.1) is 5.92 Å². The van der Waals surface area contributed by atoms with Gasteiger partial charge in [-0.3, -0.25) is 9.69 Å². The Kier molecular flexibility index (Phi) is 6.65. The number of fused-ring (bicyclic) bond motifs is 3. The maximum absolute atomic E-state index is 12.5. The highest BCUT2D eigenvalue weighted by Crippen LogP contribution is 2.40. The minimum absolute atomic E-state index is 0.138. The number of aromatic amines is 1. The molecule has 1 aromatic heterocycles. The molecule has 1 aromatic carbocycles. The number of aromatic nitrogens is 2. The van der Waals surface area contributed by atoms with Gasteiger partial charge >= 0.3 is 0 Å². The Hall–Kier alpha value is -2.28. The Morgan fingerprint density at radius 3 is 2.47 bits per heavy atom. The predicted molar refractivity (Wildman–Crippen MR) is 126 cm³/mol. The molecule has 2 aromatic rings. The molecule has 2 N–H and O–H groups in total. The Morgan fingerprint density at radius 1 is 1.16 bits per heavy atom. The fourth-order valence-electron chi connectivity index (χ4n) is 5.44. The van der Waals surface area contributed by atoms with E-state index in [0.29, 0.717) is 37.8 Å². The molecule has 3 heterocycles. The first-order chi connectivity index (χ1) is 15.3. The average molecular weight is 443 g/mol. The number of hydrogen-bond acceptors (Lipinski definition) is 5. The standard InChI is InChI=1S/C25H38N4O3/c1-6-31-20-11-10-19-23(24(20)32-7-2)27-21(26-19)14-16-12-17-8-9-18(13-16)29(17)15-22(30)28-25(3,4)5/h10-11,16-18H,6-9,12-15H2,1-5H3,(H,26,27)(H,28,30)/t16?,17-,18+. The number of imidazole rings is 1. The number of ether oxygens (including phenoxy) is 2. The van der Waals surface area contributed by atoms with E-state index in [1.807, 2.05) is 46.8 Å². The van der Waals surface area contributed by atoms with E-state index in [4.69, 9.17) is 14.5 Å². The van der Waals surface area contributed by atoms with Crippen molar-refractivity contribution >= 4 is 16.9 Å². The van der Waals surface area contributed by atoms with E-state index in [0.717, 1.165) is 47.6 Å². The summed E-state index contributed by atoms with van der Waals surface area (Å²) in [4.78, 5) is 23.3. The topological polar surface area (TPSA) is 79.5 Å². The zero-order valence-electron chi connectivity index (χ0n) is 20.2. The van der Waals surface area contributed by atoms with Crippen LogP contribution in [-0.2, 0) is 11.2 Å². The molecule has 176 valence electrons. The molecule has 1 unspecified atom stereocenters. The number of hydrogen-bond donors (Lipinski definition) is 2. The molecule has 0 saturated carbocycles. The van der Waals surface area contributed by atoms with Crippen LogP contribution in [0.5, 0.6) is 11.5 Å². The summed E-state index contributed by atoms with van der Waals surface area (Å²) in [5, 5.41) is 3.11. The minimum Gasteiger partial charge on any atom is -0.490 e. The van der Waals surface area contributed by atoms with E-state index in [1.54, 1.807) is 0 Å². The number of rotatable bonds is 8. The van der Waals surface area contributed by atoms with E-state index in [1.165, 1.54) is 12.8 Å². The summed E-state index contributed by atoms with van der Waals surface area (Å²) in [5.41, 5.74) is 1.66. The number of H-pyrrole nitrogens is 1. The Bertz CT molecular complexity index is 935. The normalized spacial score (nSPS) is 23.5. The van der Waals surface area contributed by atoms with Crippen LogP contribution in [0.1, 0.15) is 66.1 Å². The molecule has 4 rings (SSSR count). The van der Waals surface area contributed by atoms with E-state index in [2.05, 4.69) is 15.2 Å². The molecule has 7 nitrogen and oxygen atoms in total. The van der Waals surface area contributed by atoms with Crippen molar-refractivity contribution in [3.05, 3.63) is 18.0 Å². The van der Waals surface area contributed by atoms with Crippen LogP contribution in [0.4, 0.5) is 0 Å². The molecular formula is C25H38N4O3. The molecule has 2 fully saturated rings. The van der Waals surface area contributed by atoms with Crippen LogP contribution in [0.3, 0.4) is 0 Å². The summed E-state index contributed by atoms with van der Waals surface area (Å²) in [6, 6.07) is 4.98. The van der Waals surface area contributed by atoms with Crippen LogP contribution in [-0.4, -0.2) is 58.2 Å². The van der Waals surface area contributed by atoms with Crippen molar-refractivity contribution in [2.45, 2.75) is 84.3 Å². The third-order valence-corrected chi connectivity index (χ3v) is 6.51. The highest BCUT2D eigenvalue weighted by Gasteiger charge is 2.41. The van der Waals surface area contributed by atoms with Gasteiger partial charge < -0.3 is 19.8 Å². The van der Waals surface area contributed by atoms with Gasteiger partial charge in [0.1, 0.15) is 11.3 Å². The van der Waals surface area contributed by atoms with Gasteiger partial charge in [-0.2, -0.15) is 0 Å². The van der Waals surface area contributed by atoms with E-state index in [9.17, 15) is 4.79 Å². The van der Waals surface area contributed by atoms with Gasteiger partial charge in [-0.05, 0) is 78.4 Å². The van der Waals surface area contributed by atoms with E-state index in [-0.39, 0.29) is 11.4 Å². The van der Waals surface area contributed by atoms with Gasteiger partial charge in [0, 0.05) is 24.0 Å². The van der Waals surface area contributed by atoms with Crippen molar-refractivity contribution in [3.63, 3.8) is 0 Å². The summed E-state index contributed by atoms with van der Waals surface area (Å²) >= 11 is 0. The SMILES string of the molecule is CCOc1ccc2[nH]c(CC3C[C@H]4CC[C@@H](C3)N4CC(=O)NC(C)(C)C)nc2c1OCC. The van der Waals surface area contributed by atoms with Crippen LogP contribution in [0.25, 0.3) is 11.0 Å². The number of nitrogens with zero attached hydrogens (tertiary/aromatic N) is 2. The predicted octanol–water partition coefficient (Wildman–Crippen LogP) is 4.06. The first-order valence-corrected chi connectivity index (χ1v) is 12.1. The van der Waals surface area contributed by atoms with Gasteiger partial charge in [0.05, 0.1) is 25.3 Å². The van der Waals surface area contributed by atoms with Crippen molar-refractivity contribution in [2.24, 2.45) is 5.92 Å². The fraction of sp³-hybridized carbons (Fsp3) is 0.680. The maximum Gasteiger partial charge on any atom is 0.234 e. The number of carbonyl (C=O) groups excluding carboxylic acids is 1. The monoisotopic (exact) mass is 442 g/mol. The Morgan fingerprint density at radius 2 is 1.84 bits per heavy atom. The highest BCUT2D eigenvalue weighted by atomic mass is 16.5. The summed E-state index contributed by atoms with van der Waals surface area (Å²) < 4.78 is 11.6. The lowest BCUT2D eigenvalue weighted by molar-refractivity contribution is -0.125. The van der Waals surface area contributed by atoms with Gasteiger partial charge in [-0.1, -0.05) is 0 Å². The zero-order valence-corrected chi connectivity index (χ0v) is 20.2. The molecule has 1 amide bonds. The largest absolute Gasteiger partial charge is 0.490 e. The summed E-state index contributed by atoms with van der Waals surface area (Å²) in [6.45, 7) is 11.7. The second-order valence-corrected chi connectivity index (χ2v) is 10.2. The molecule has 0 aliphatic carbocycles. The van der Waals surface area contributed by atoms with E-state index < -0.39 is 0 Å². The van der Waals surface area contributed by atoms with Crippen LogP contribution in [0.15, 0.2) is 12.1 Å². The number of amides is 1. The molecule has 2 bridgehead atoms. The molecule has 3 atom stereocenters. The van der Waals surface area contributed by atoms with Crippen molar-refractivity contribution in [1.82, 2.24) is 20.2 Å². The molecule has 0 radical (unpaired) electrons. The molecule has 2 saturated heterocycles. The van der Waals surface area contributed by atoms with Gasteiger partial charge in [0.25, 0.3) is 0 Å².